The highest BCUT2D eigenvalue weighted by molar-refractivity contribution is 6.13. The number of cyclic esters (lactones) is 1. The van der Waals surface area contributed by atoms with Gasteiger partial charge in [0.05, 0.1) is 21.3 Å². The molecule has 0 radical (unpaired) electrons. The highest BCUT2D eigenvalue weighted by Crippen LogP contribution is 2.41. The third-order valence-electron chi connectivity index (χ3n) is 4.37. The van der Waals surface area contributed by atoms with Gasteiger partial charge in [-0.1, -0.05) is 0 Å². The van der Waals surface area contributed by atoms with Gasteiger partial charge < -0.3 is 28.4 Å². The van der Waals surface area contributed by atoms with Crippen LogP contribution in [0.25, 0.3) is 6.08 Å². The van der Waals surface area contributed by atoms with Crippen molar-refractivity contribution >= 4 is 17.9 Å². The van der Waals surface area contributed by atoms with Gasteiger partial charge in [0.25, 0.3) is 0 Å². The molecule has 2 aromatic rings. The van der Waals surface area contributed by atoms with Crippen LogP contribution in [0.15, 0.2) is 41.0 Å². The van der Waals surface area contributed by atoms with E-state index in [1.165, 1.54) is 0 Å². The summed E-state index contributed by atoms with van der Waals surface area (Å²) < 4.78 is 32.4. The maximum Gasteiger partial charge on any atom is 0.363 e. The van der Waals surface area contributed by atoms with Gasteiger partial charge in [-0.25, -0.2) is 9.79 Å². The Morgan fingerprint density at radius 2 is 1.66 bits per heavy atom. The van der Waals surface area contributed by atoms with Gasteiger partial charge in [0.15, 0.2) is 17.2 Å². The monoisotopic (exact) mass is 397 g/mol. The van der Waals surface area contributed by atoms with Crippen LogP contribution in [0.4, 0.5) is 0 Å². The van der Waals surface area contributed by atoms with E-state index in [-0.39, 0.29) is 11.6 Å². The van der Waals surface area contributed by atoms with Crippen LogP contribution >= 0.6 is 0 Å². The average molecular weight is 397 g/mol. The molecule has 0 bridgehead atoms. The van der Waals surface area contributed by atoms with Crippen molar-refractivity contribution in [3.8, 4) is 28.7 Å². The molecular weight excluding hydrogens is 378 g/mol. The third-order valence-corrected chi connectivity index (χ3v) is 4.37. The summed E-state index contributed by atoms with van der Waals surface area (Å²) in [5.74, 6) is 2.35. The van der Waals surface area contributed by atoms with Crippen LogP contribution < -0.4 is 23.7 Å². The Balaban J connectivity index is 1.70. The summed E-state index contributed by atoms with van der Waals surface area (Å²) in [5.41, 5.74) is 1.39. The maximum atomic E-state index is 12.4. The second kappa shape index (κ2) is 7.75. The molecule has 2 heterocycles. The number of carbonyl (C=O) groups is 1. The van der Waals surface area contributed by atoms with E-state index in [2.05, 4.69) is 4.99 Å². The molecule has 0 N–H and O–H groups in total. The first-order chi connectivity index (χ1) is 14.1. The lowest BCUT2D eigenvalue weighted by Gasteiger charge is -2.20. The zero-order valence-corrected chi connectivity index (χ0v) is 16.2. The fourth-order valence-electron chi connectivity index (χ4n) is 3.00. The summed E-state index contributed by atoms with van der Waals surface area (Å²) in [6.07, 6.45) is 1.60. The fourth-order valence-corrected chi connectivity index (χ4v) is 3.00. The molecule has 4 rings (SSSR count). The number of methoxy groups -OCH3 is 3. The van der Waals surface area contributed by atoms with E-state index in [1.807, 2.05) is 0 Å². The first-order valence-electron chi connectivity index (χ1n) is 8.85. The molecule has 0 spiro atoms. The van der Waals surface area contributed by atoms with Crippen LogP contribution in [0, 0.1) is 0 Å². The first-order valence-corrected chi connectivity index (χ1v) is 8.85. The lowest BCUT2D eigenvalue weighted by Crippen LogP contribution is -2.16. The van der Waals surface area contributed by atoms with Crippen LogP contribution in [0.2, 0.25) is 0 Å². The van der Waals surface area contributed by atoms with Crippen molar-refractivity contribution in [2.24, 2.45) is 4.99 Å². The molecular formula is C21H19NO7. The van der Waals surface area contributed by atoms with E-state index >= 15 is 0 Å². The summed E-state index contributed by atoms with van der Waals surface area (Å²) in [6.45, 7) is 0.895. The summed E-state index contributed by atoms with van der Waals surface area (Å²) in [4.78, 5) is 16.7. The van der Waals surface area contributed by atoms with Crippen molar-refractivity contribution in [1.82, 2.24) is 0 Å². The largest absolute Gasteiger partial charge is 0.497 e. The molecule has 0 unspecified atom stereocenters. The highest BCUT2D eigenvalue weighted by Gasteiger charge is 2.26. The highest BCUT2D eigenvalue weighted by atomic mass is 16.6. The van der Waals surface area contributed by atoms with Crippen molar-refractivity contribution in [1.29, 1.82) is 0 Å². The van der Waals surface area contributed by atoms with Crippen molar-refractivity contribution in [2.75, 3.05) is 34.5 Å². The lowest BCUT2D eigenvalue weighted by molar-refractivity contribution is -0.129. The van der Waals surface area contributed by atoms with Crippen molar-refractivity contribution < 1.29 is 33.2 Å². The number of carbonyl (C=O) groups excluding carboxylic acids is 1. The molecule has 2 aromatic carbocycles. The van der Waals surface area contributed by atoms with Crippen molar-refractivity contribution in [2.45, 2.75) is 0 Å². The lowest BCUT2D eigenvalue weighted by atomic mass is 10.1. The molecule has 150 valence electrons. The molecule has 29 heavy (non-hydrogen) atoms. The Kier molecular flexibility index (Phi) is 4.99. The Hall–Kier alpha value is -3.68. The molecule has 0 saturated carbocycles. The van der Waals surface area contributed by atoms with E-state index in [4.69, 9.17) is 28.4 Å². The maximum absolute atomic E-state index is 12.4. The smallest absolute Gasteiger partial charge is 0.363 e. The summed E-state index contributed by atoms with van der Waals surface area (Å²) in [7, 11) is 4.63. The summed E-state index contributed by atoms with van der Waals surface area (Å²) in [6, 6.07) is 8.66. The van der Waals surface area contributed by atoms with E-state index in [0.29, 0.717) is 53.1 Å². The molecule has 2 aliphatic rings. The van der Waals surface area contributed by atoms with Gasteiger partial charge in [-0.2, -0.15) is 0 Å². The number of fused-ring (bicyclic) bond motifs is 1. The second-order valence-corrected chi connectivity index (χ2v) is 6.18. The first kappa shape index (κ1) is 18.7. The predicted octanol–water partition coefficient (Wildman–Crippen LogP) is 2.83. The van der Waals surface area contributed by atoms with Gasteiger partial charge in [-0.15, -0.1) is 0 Å². The van der Waals surface area contributed by atoms with Crippen LogP contribution in [-0.2, 0) is 9.53 Å². The van der Waals surface area contributed by atoms with Crippen LogP contribution in [0.3, 0.4) is 0 Å². The molecule has 8 nitrogen and oxygen atoms in total. The van der Waals surface area contributed by atoms with E-state index < -0.39 is 5.97 Å². The van der Waals surface area contributed by atoms with Gasteiger partial charge in [-0.3, -0.25) is 0 Å². The number of benzene rings is 2. The summed E-state index contributed by atoms with van der Waals surface area (Å²) >= 11 is 0. The molecule has 0 atom stereocenters. The van der Waals surface area contributed by atoms with E-state index in [1.54, 1.807) is 57.7 Å². The standard InChI is InChI=1S/C21H19NO7/c1-24-14-9-13(10-15(11-14)25-2)20-22-16(21(23)29-20)6-12-7-17(26-3)19-18(8-12)27-4-5-28-19/h6-11H,4-5H2,1-3H3/b16-6+. The molecule has 0 fully saturated rings. The number of hydrogen-bond acceptors (Lipinski definition) is 8. The Morgan fingerprint density at radius 1 is 0.931 bits per heavy atom. The molecule has 0 aliphatic carbocycles. The number of rotatable bonds is 5. The van der Waals surface area contributed by atoms with Crippen LogP contribution in [0.1, 0.15) is 11.1 Å². The third kappa shape index (κ3) is 3.69. The Labute approximate surface area is 167 Å². The van der Waals surface area contributed by atoms with Crippen LogP contribution in [0.5, 0.6) is 28.7 Å². The normalized spacial score (nSPS) is 16.3. The number of esters is 1. The van der Waals surface area contributed by atoms with Gasteiger partial charge >= 0.3 is 5.97 Å². The molecule has 8 heteroatoms. The number of nitrogens with zero attached hydrogens (tertiary/aromatic N) is 1. The zero-order valence-electron chi connectivity index (χ0n) is 16.2. The average Bonchev–Trinajstić information content (AvgIpc) is 3.12. The number of hydrogen-bond donors (Lipinski definition) is 0. The Bertz CT molecular complexity index is 986. The minimum Gasteiger partial charge on any atom is -0.497 e. The van der Waals surface area contributed by atoms with Gasteiger partial charge in [0.1, 0.15) is 24.7 Å². The molecule has 0 aromatic heterocycles. The topological polar surface area (TPSA) is 84.8 Å². The van der Waals surface area contributed by atoms with Crippen molar-refractivity contribution in [3.05, 3.63) is 47.2 Å². The van der Waals surface area contributed by atoms with Crippen LogP contribution in [-0.4, -0.2) is 46.4 Å². The second-order valence-electron chi connectivity index (χ2n) is 6.18. The number of ether oxygens (including phenoxy) is 6. The molecule has 0 amide bonds. The zero-order chi connectivity index (χ0) is 20.4. The predicted molar refractivity (Wildman–Crippen MR) is 104 cm³/mol. The minimum absolute atomic E-state index is 0.153. The SMILES string of the molecule is COc1cc(OC)cc(C2=N/C(=C/c3cc(OC)c4c(c3)OCCO4)C(=O)O2)c1. The number of aliphatic imine (C=N–C) groups is 1. The quantitative estimate of drug-likeness (QED) is 0.567. The summed E-state index contributed by atoms with van der Waals surface area (Å²) in [5, 5.41) is 0. The minimum atomic E-state index is -0.560. The van der Waals surface area contributed by atoms with E-state index in [0.717, 1.165) is 0 Å². The van der Waals surface area contributed by atoms with Gasteiger partial charge in [0, 0.05) is 11.6 Å². The Morgan fingerprint density at radius 3 is 2.34 bits per heavy atom. The van der Waals surface area contributed by atoms with Gasteiger partial charge in [0.2, 0.25) is 11.6 Å². The molecule has 0 saturated heterocycles. The van der Waals surface area contributed by atoms with E-state index in [9.17, 15) is 4.79 Å². The van der Waals surface area contributed by atoms with Gasteiger partial charge in [-0.05, 0) is 35.9 Å². The molecule has 2 aliphatic heterocycles. The van der Waals surface area contributed by atoms with Crippen molar-refractivity contribution in [3.63, 3.8) is 0 Å². The fraction of sp³-hybridized carbons (Fsp3) is 0.238.